The predicted octanol–water partition coefficient (Wildman–Crippen LogP) is 4.05. The Morgan fingerprint density at radius 2 is 2.03 bits per heavy atom. The summed E-state index contributed by atoms with van der Waals surface area (Å²) in [4.78, 5) is 22.7. The van der Waals surface area contributed by atoms with Gasteiger partial charge in [0, 0.05) is 36.6 Å². The molecule has 1 amide bonds. The number of nitrogens with one attached hydrogen (secondary N) is 4. The van der Waals surface area contributed by atoms with Gasteiger partial charge in [0.15, 0.2) is 11.6 Å². The highest BCUT2D eigenvalue weighted by Crippen LogP contribution is 2.30. The number of H-pyrrole nitrogens is 1. The van der Waals surface area contributed by atoms with Crippen molar-refractivity contribution in [2.75, 3.05) is 44.0 Å². The number of amides is 1. The Bertz CT molecular complexity index is 1450. The van der Waals surface area contributed by atoms with Gasteiger partial charge in [0.1, 0.15) is 5.75 Å². The third kappa shape index (κ3) is 5.37. The van der Waals surface area contributed by atoms with Crippen LogP contribution in [0.4, 0.5) is 27.5 Å². The number of hydrogen-bond donors (Lipinski definition) is 4. The molecule has 1 fully saturated rings. The molecule has 38 heavy (non-hydrogen) atoms. The van der Waals surface area contributed by atoms with Crippen molar-refractivity contribution in [3.8, 4) is 5.75 Å². The molecule has 198 valence electrons. The number of rotatable bonds is 8. The molecular weight excluding hydrogens is 487 g/mol. The number of aromatic amines is 1. The number of aromatic nitrogens is 4. The van der Waals surface area contributed by atoms with Crippen molar-refractivity contribution in [1.82, 2.24) is 30.8 Å². The molecule has 3 heterocycles. The van der Waals surface area contributed by atoms with Crippen LogP contribution in [0, 0.1) is 18.7 Å². The predicted molar refractivity (Wildman–Crippen MR) is 145 cm³/mol. The monoisotopic (exact) mass is 518 g/mol. The number of fused-ring (bicyclic) bond motifs is 1. The summed E-state index contributed by atoms with van der Waals surface area (Å²) < 4.78 is 20.8. The fourth-order valence-electron chi connectivity index (χ4n) is 4.55. The molecule has 11 heteroatoms. The molecule has 0 spiro atoms. The number of hydrogen-bond acceptors (Lipinski definition) is 8. The number of aryl methyl sites for hydroxylation is 1. The zero-order chi connectivity index (χ0) is 26.6. The van der Waals surface area contributed by atoms with E-state index in [1.165, 1.54) is 0 Å². The summed E-state index contributed by atoms with van der Waals surface area (Å²) in [5.74, 6) is 0.423. The average molecular weight is 519 g/mol. The van der Waals surface area contributed by atoms with Gasteiger partial charge in [-0.25, -0.2) is 9.37 Å². The molecule has 0 atom stereocenters. The third-order valence-corrected chi connectivity index (χ3v) is 6.80. The largest absolute Gasteiger partial charge is 0.492 e. The molecule has 0 saturated carbocycles. The first-order valence-corrected chi connectivity index (χ1v) is 12.6. The van der Waals surface area contributed by atoms with E-state index >= 15 is 0 Å². The van der Waals surface area contributed by atoms with Crippen LogP contribution in [0.25, 0.3) is 10.9 Å². The molecule has 2 aromatic carbocycles. The number of carbonyl (C=O) groups is 1. The van der Waals surface area contributed by atoms with Crippen LogP contribution in [-0.2, 0) is 0 Å². The Balaban J connectivity index is 1.36. The average Bonchev–Trinajstić information content (AvgIpc) is 3.32. The second kappa shape index (κ2) is 11.0. The number of carbonyl (C=O) groups excluding carboxylic acids is 1. The van der Waals surface area contributed by atoms with Gasteiger partial charge in [-0.3, -0.25) is 9.89 Å². The lowest BCUT2D eigenvalue weighted by molar-refractivity contribution is 0.0957. The third-order valence-electron chi connectivity index (χ3n) is 6.80. The van der Waals surface area contributed by atoms with E-state index in [-0.39, 0.29) is 17.7 Å². The van der Waals surface area contributed by atoms with Crippen molar-refractivity contribution in [2.45, 2.75) is 19.8 Å². The minimum atomic E-state index is -0.566. The fraction of sp³-hybridized carbons (Fsp3) is 0.333. The van der Waals surface area contributed by atoms with Crippen LogP contribution >= 0.6 is 0 Å². The molecule has 0 aliphatic carbocycles. The van der Waals surface area contributed by atoms with Crippen molar-refractivity contribution in [1.29, 1.82) is 0 Å². The van der Waals surface area contributed by atoms with E-state index in [4.69, 9.17) is 4.74 Å². The fourth-order valence-corrected chi connectivity index (χ4v) is 4.55. The first kappa shape index (κ1) is 25.4. The lowest BCUT2D eigenvalue weighted by atomic mass is 9.99. The molecule has 4 N–H and O–H groups in total. The number of halogens is 1. The van der Waals surface area contributed by atoms with E-state index in [1.54, 1.807) is 37.2 Å². The van der Waals surface area contributed by atoms with E-state index in [9.17, 15) is 9.18 Å². The van der Waals surface area contributed by atoms with E-state index in [0.29, 0.717) is 29.5 Å². The van der Waals surface area contributed by atoms with Gasteiger partial charge < -0.3 is 25.6 Å². The number of ether oxygens (including phenoxy) is 1. The highest BCUT2D eigenvalue weighted by atomic mass is 19.1. The van der Waals surface area contributed by atoms with Crippen molar-refractivity contribution < 1.29 is 13.9 Å². The Hall–Kier alpha value is -4.25. The summed E-state index contributed by atoms with van der Waals surface area (Å²) in [5, 5.41) is 17.3. The Morgan fingerprint density at radius 1 is 1.21 bits per heavy atom. The van der Waals surface area contributed by atoms with Gasteiger partial charge in [0.2, 0.25) is 5.95 Å². The lowest BCUT2D eigenvalue weighted by Gasteiger charge is -2.23. The molecule has 5 rings (SSSR count). The van der Waals surface area contributed by atoms with Crippen molar-refractivity contribution >= 4 is 40.0 Å². The Morgan fingerprint density at radius 3 is 2.82 bits per heavy atom. The highest BCUT2D eigenvalue weighted by Gasteiger charge is 2.19. The van der Waals surface area contributed by atoms with Gasteiger partial charge in [-0.05, 0) is 75.2 Å². The molecule has 0 unspecified atom stereocenters. The van der Waals surface area contributed by atoms with Crippen LogP contribution in [0.1, 0.15) is 28.9 Å². The van der Waals surface area contributed by atoms with E-state index in [0.717, 1.165) is 54.4 Å². The SMILES string of the molecule is CNC(=O)c1cc(Nc2ncc(F)c(N(C)c3ccc4c(C)[nH]nc4c3)n2)ccc1OCC1CCNCC1. The lowest BCUT2D eigenvalue weighted by Crippen LogP contribution is -2.30. The molecule has 1 aliphatic rings. The normalized spacial score (nSPS) is 13.9. The highest BCUT2D eigenvalue weighted by molar-refractivity contribution is 5.97. The summed E-state index contributed by atoms with van der Waals surface area (Å²) in [6, 6.07) is 10.9. The van der Waals surface area contributed by atoms with Gasteiger partial charge in [0.05, 0.1) is 23.9 Å². The maximum absolute atomic E-state index is 14.8. The van der Waals surface area contributed by atoms with Crippen molar-refractivity contribution in [3.05, 3.63) is 59.7 Å². The standard InChI is InChI=1S/C27H31FN8O2/c1-16-20-6-5-19(13-23(20)35-34-16)36(3)25-22(28)14-31-27(33-25)32-18-4-7-24(21(12-18)26(37)29-2)38-15-17-8-10-30-11-9-17/h4-7,12-14,17,30H,8-11,15H2,1-3H3,(H,29,37)(H,34,35)(H,31,32,33). The van der Waals surface area contributed by atoms with Crippen molar-refractivity contribution in [2.24, 2.45) is 5.92 Å². The summed E-state index contributed by atoms with van der Waals surface area (Å²) in [6.45, 7) is 4.46. The summed E-state index contributed by atoms with van der Waals surface area (Å²) in [6.07, 6.45) is 3.21. The minimum absolute atomic E-state index is 0.0996. The summed E-state index contributed by atoms with van der Waals surface area (Å²) >= 11 is 0. The number of anilines is 4. The summed E-state index contributed by atoms with van der Waals surface area (Å²) in [7, 11) is 3.31. The van der Waals surface area contributed by atoms with Crippen molar-refractivity contribution in [3.63, 3.8) is 0 Å². The number of nitrogens with zero attached hydrogens (tertiary/aromatic N) is 4. The minimum Gasteiger partial charge on any atom is -0.492 e. The first-order chi connectivity index (χ1) is 18.4. The van der Waals surface area contributed by atoms with E-state index in [2.05, 4.69) is 36.1 Å². The van der Waals surface area contributed by atoms with Crippen LogP contribution in [-0.4, -0.2) is 59.9 Å². The van der Waals surface area contributed by atoms with E-state index < -0.39 is 5.82 Å². The Kier molecular flexibility index (Phi) is 7.36. The smallest absolute Gasteiger partial charge is 0.254 e. The van der Waals surface area contributed by atoms with Gasteiger partial charge >= 0.3 is 0 Å². The van der Waals surface area contributed by atoms with Crippen LogP contribution in [0.2, 0.25) is 0 Å². The van der Waals surface area contributed by atoms with Crippen LogP contribution in [0.15, 0.2) is 42.6 Å². The van der Waals surface area contributed by atoms with Gasteiger partial charge in [-0.15, -0.1) is 0 Å². The molecule has 1 saturated heterocycles. The van der Waals surface area contributed by atoms with Gasteiger partial charge in [0.25, 0.3) is 5.91 Å². The number of benzene rings is 2. The molecular formula is C27H31FN8O2. The molecule has 0 bridgehead atoms. The first-order valence-electron chi connectivity index (χ1n) is 12.6. The summed E-state index contributed by atoms with van der Waals surface area (Å²) in [5.41, 5.74) is 3.45. The molecule has 1 aliphatic heterocycles. The second-order valence-electron chi connectivity index (χ2n) is 9.39. The van der Waals surface area contributed by atoms with Crippen LogP contribution in [0.3, 0.4) is 0 Å². The second-order valence-corrected chi connectivity index (χ2v) is 9.39. The van der Waals surface area contributed by atoms with Crippen LogP contribution in [0.5, 0.6) is 5.75 Å². The zero-order valence-corrected chi connectivity index (χ0v) is 21.6. The van der Waals surface area contributed by atoms with E-state index in [1.807, 2.05) is 25.1 Å². The molecule has 0 radical (unpaired) electrons. The molecule has 4 aromatic rings. The van der Waals surface area contributed by atoms with Gasteiger partial charge in [-0.2, -0.15) is 10.1 Å². The molecule has 2 aromatic heterocycles. The Labute approximate surface area is 220 Å². The number of piperidine rings is 1. The maximum Gasteiger partial charge on any atom is 0.254 e. The maximum atomic E-state index is 14.8. The molecule has 10 nitrogen and oxygen atoms in total. The zero-order valence-electron chi connectivity index (χ0n) is 21.6. The quantitative estimate of drug-likeness (QED) is 0.276. The van der Waals surface area contributed by atoms with Crippen LogP contribution < -0.4 is 25.6 Å². The van der Waals surface area contributed by atoms with Gasteiger partial charge in [-0.1, -0.05) is 0 Å². The topological polar surface area (TPSA) is 120 Å².